The van der Waals surface area contributed by atoms with Crippen molar-refractivity contribution >= 4 is 12.1 Å². The van der Waals surface area contributed by atoms with Gasteiger partial charge >= 0.3 is 12.1 Å². The summed E-state index contributed by atoms with van der Waals surface area (Å²) in [6.07, 6.45) is 0.0852. The molecule has 138 valence electrons. The van der Waals surface area contributed by atoms with E-state index in [0.717, 1.165) is 5.56 Å². The van der Waals surface area contributed by atoms with Crippen LogP contribution in [0, 0.1) is 11.7 Å². The SMILES string of the molecule is CCOC(=O)[C@@H]1CCN(C(=O)OC(C)(C)C)CC1c1ccc(F)cc1. The van der Waals surface area contributed by atoms with Gasteiger partial charge < -0.3 is 14.4 Å². The normalized spacial score (nSPS) is 20.9. The molecular formula is C19H26FNO4. The average Bonchev–Trinajstić information content (AvgIpc) is 2.53. The van der Waals surface area contributed by atoms with Gasteiger partial charge in [0.15, 0.2) is 0 Å². The van der Waals surface area contributed by atoms with Gasteiger partial charge in [0.25, 0.3) is 0 Å². The standard InChI is InChI=1S/C19H26FNO4/c1-5-24-17(22)15-10-11-21(18(23)25-19(2,3)4)12-16(15)13-6-8-14(20)9-7-13/h6-9,15-16H,5,10-12H2,1-4H3/t15-,16?/m1/s1. The molecular weight excluding hydrogens is 325 g/mol. The van der Waals surface area contributed by atoms with Gasteiger partial charge in [-0.2, -0.15) is 0 Å². The molecule has 1 heterocycles. The number of amides is 1. The summed E-state index contributed by atoms with van der Waals surface area (Å²) in [6.45, 7) is 8.27. The second-order valence-corrected chi connectivity index (χ2v) is 7.23. The van der Waals surface area contributed by atoms with Crippen LogP contribution in [0.5, 0.6) is 0 Å². The second kappa shape index (κ2) is 7.85. The number of hydrogen-bond acceptors (Lipinski definition) is 4. The molecule has 0 radical (unpaired) electrons. The number of hydrogen-bond donors (Lipinski definition) is 0. The van der Waals surface area contributed by atoms with E-state index in [2.05, 4.69) is 0 Å². The molecule has 0 saturated carbocycles. The number of esters is 1. The molecule has 0 aliphatic carbocycles. The smallest absolute Gasteiger partial charge is 0.410 e. The summed E-state index contributed by atoms with van der Waals surface area (Å²) >= 11 is 0. The predicted octanol–water partition coefficient (Wildman–Crippen LogP) is 3.73. The maximum absolute atomic E-state index is 13.2. The van der Waals surface area contributed by atoms with Crippen LogP contribution in [0.4, 0.5) is 9.18 Å². The summed E-state index contributed by atoms with van der Waals surface area (Å²) < 4.78 is 23.9. The summed E-state index contributed by atoms with van der Waals surface area (Å²) in [5.41, 5.74) is 0.230. The highest BCUT2D eigenvalue weighted by molar-refractivity contribution is 5.75. The number of likely N-dealkylation sites (tertiary alicyclic amines) is 1. The molecule has 1 unspecified atom stereocenters. The van der Waals surface area contributed by atoms with Gasteiger partial charge in [0, 0.05) is 19.0 Å². The molecule has 2 atom stereocenters. The highest BCUT2D eigenvalue weighted by Gasteiger charge is 2.38. The van der Waals surface area contributed by atoms with Crippen molar-refractivity contribution in [1.82, 2.24) is 4.90 Å². The average molecular weight is 351 g/mol. The fourth-order valence-corrected chi connectivity index (χ4v) is 3.02. The van der Waals surface area contributed by atoms with Crippen molar-refractivity contribution in [3.05, 3.63) is 35.6 Å². The fourth-order valence-electron chi connectivity index (χ4n) is 3.02. The zero-order valence-electron chi connectivity index (χ0n) is 15.3. The summed E-state index contributed by atoms with van der Waals surface area (Å²) in [7, 11) is 0. The van der Waals surface area contributed by atoms with E-state index in [1.54, 1.807) is 24.0 Å². The molecule has 1 aromatic carbocycles. The number of piperidine rings is 1. The Balaban J connectivity index is 2.21. The Morgan fingerprint density at radius 2 is 1.88 bits per heavy atom. The topological polar surface area (TPSA) is 55.8 Å². The van der Waals surface area contributed by atoms with Crippen LogP contribution in [0.2, 0.25) is 0 Å². The van der Waals surface area contributed by atoms with Crippen molar-refractivity contribution in [3.63, 3.8) is 0 Å². The number of benzene rings is 1. The third-order valence-corrected chi connectivity index (χ3v) is 4.15. The number of rotatable bonds is 3. The molecule has 1 aromatic rings. The van der Waals surface area contributed by atoms with E-state index in [0.29, 0.717) is 26.1 Å². The number of halogens is 1. The zero-order valence-corrected chi connectivity index (χ0v) is 15.3. The van der Waals surface area contributed by atoms with Crippen LogP contribution < -0.4 is 0 Å². The lowest BCUT2D eigenvalue weighted by molar-refractivity contribution is -0.150. The summed E-state index contributed by atoms with van der Waals surface area (Å²) in [4.78, 5) is 26.3. The minimum atomic E-state index is -0.583. The highest BCUT2D eigenvalue weighted by Crippen LogP contribution is 2.34. The first kappa shape index (κ1) is 19.2. The maximum atomic E-state index is 13.2. The van der Waals surface area contributed by atoms with E-state index >= 15 is 0 Å². The summed E-state index contributed by atoms with van der Waals surface area (Å²) in [5.74, 6) is -1.22. The first-order valence-corrected chi connectivity index (χ1v) is 8.61. The predicted molar refractivity (Wildman–Crippen MR) is 91.7 cm³/mol. The van der Waals surface area contributed by atoms with E-state index < -0.39 is 11.7 Å². The number of carbonyl (C=O) groups is 2. The summed E-state index contributed by atoms with van der Waals surface area (Å²) in [6, 6.07) is 6.05. The molecule has 1 saturated heterocycles. The van der Waals surface area contributed by atoms with Crippen molar-refractivity contribution in [1.29, 1.82) is 0 Å². The Kier molecular flexibility index (Phi) is 6.03. The van der Waals surface area contributed by atoms with Gasteiger partial charge in [-0.3, -0.25) is 4.79 Å². The van der Waals surface area contributed by atoms with Gasteiger partial charge in [-0.15, -0.1) is 0 Å². The molecule has 25 heavy (non-hydrogen) atoms. The first-order chi connectivity index (χ1) is 11.7. The van der Waals surface area contributed by atoms with Crippen LogP contribution in [-0.4, -0.2) is 42.3 Å². The van der Waals surface area contributed by atoms with E-state index in [1.165, 1.54) is 12.1 Å². The van der Waals surface area contributed by atoms with E-state index in [-0.39, 0.29) is 23.6 Å². The van der Waals surface area contributed by atoms with Crippen LogP contribution >= 0.6 is 0 Å². The molecule has 6 heteroatoms. The van der Waals surface area contributed by atoms with Gasteiger partial charge in [0.05, 0.1) is 12.5 Å². The zero-order chi connectivity index (χ0) is 18.6. The Morgan fingerprint density at radius 3 is 2.44 bits per heavy atom. The van der Waals surface area contributed by atoms with Gasteiger partial charge in [0.2, 0.25) is 0 Å². The van der Waals surface area contributed by atoms with Crippen LogP contribution in [0.3, 0.4) is 0 Å². The molecule has 1 fully saturated rings. The quantitative estimate of drug-likeness (QED) is 0.779. The molecule has 0 N–H and O–H groups in total. The van der Waals surface area contributed by atoms with Crippen LogP contribution in [0.15, 0.2) is 24.3 Å². The molecule has 1 amide bonds. The lowest BCUT2D eigenvalue weighted by atomic mass is 9.81. The molecule has 2 rings (SSSR count). The van der Waals surface area contributed by atoms with Crippen LogP contribution in [-0.2, 0) is 14.3 Å². The monoisotopic (exact) mass is 351 g/mol. The maximum Gasteiger partial charge on any atom is 0.410 e. The van der Waals surface area contributed by atoms with Gasteiger partial charge in [-0.05, 0) is 51.8 Å². The third-order valence-electron chi connectivity index (χ3n) is 4.15. The van der Waals surface area contributed by atoms with Gasteiger partial charge in [-0.25, -0.2) is 9.18 Å². The molecule has 5 nitrogen and oxygen atoms in total. The minimum absolute atomic E-state index is 0.249. The van der Waals surface area contributed by atoms with Crippen molar-refractivity contribution in [2.24, 2.45) is 5.92 Å². The Morgan fingerprint density at radius 1 is 1.24 bits per heavy atom. The second-order valence-electron chi connectivity index (χ2n) is 7.23. The van der Waals surface area contributed by atoms with Crippen molar-refractivity contribution in [2.75, 3.05) is 19.7 Å². The molecule has 1 aliphatic heterocycles. The lowest BCUT2D eigenvalue weighted by Gasteiger charge is -2.38. The Labute approximate surface area is 148 Å². The van der Waals surface area contributed by atoms with Crippen LogP contribution in [0.1, 0.15) is 45.6 Å². The highest BCUT2D eigenvalue weighted by atomic mass is 19.1. The first-order valence-electron chi connectivity index (χ1n) is 8.61. The van der Waals surface area contributed by atoms with E-state index in [9.17, 15) is 14.0 Å². The minimum Gasteiger partial charge on any atom is -0.466 e. The molecule has 0 aromatic heterocycles. The number of nitrogens with zero attached hydrogens (tertiary/aromatic N) is 1. The molecule has 0 spiro atoms. The van der Waals surface area contributed by atoms with Crippen LogP contribution in [0.25, 0.3) is 0 Å². The van der Waals surface area contributed by atoms with Gasteiger partial charge in [0.1, 0.15) is 11.4 Å². The molecule has 1 aliphatic rings. The van der Waals surface area contributed by atoms with Crippen molar-refractivity contribution < 1.29 is 23.5 Å². The Bertz CT molecular complexity index is 609. The van der Waals surface area contributed by atoms with E-state index in [1.807, 2.05) is 20.8 Å². The summed E-state index contributed by atoms with van der Waals surface area (Å²) in [5, 5.41) is 0. The van der Waals surface area contributed by atoms with Gasteiger partial charge in [-0.1, -0.05) is 12.1 Å². The van der Waals surface area contributed by atoms with E-state index in [4.69, 9.17) is 9.47 Å². The number of ether oxygens (including phenoxy) is 2. The number of carbonyl (C=O) groups excluding carboxylic acids is 2. The van der Waals surface area contributed by atoms with Crippen molar-refractivity contribution in [3.8, 4) is 0 Å². The lowest BCUT2D eigenvalue weighted by Crippen LogP contribution is -2.47. The molecule has 0 bridgehead atoms. The Hall–Kier alpha value is -2.11. The third kappa shape index (κ3) is 5.18. The largest absolute Gasteiger partial charge is 0.466 e. The van der Waals surface area contributed by atoms with Crippen molar-refractivity contribution in [2.45, 2.75) is 45.6 Å². The fraction of sp³-hybridized carbons (Fsp3) is 0.579.